The Balaban J connectivity index is 2.21. The van der Waals surface area contributed by atoms with E-state index in [1.165, 1.54) is 17.2 Å². The van der Waals surface area contributed by atoms with E-state index in [0.717, 1.165) is 18.4 Å². The second kappa shape index (κ2) is 6.67. The first-order valence-corrected chi connectivity index (χ1v) is 7.18. The molecule has 0 aliphatic carbocycles. The number of benzene rings is 2. The lowest BCUT2D eigenvalue weighted by Gasteiger charge is -2.15. The predicted molar refractivity (Wildman–Crippen MR) is 80.3 cm³/mol. The Morgan fingerprint density at radius 3 is 2.30 bits per heavy atom. The van der Waals surface area contributed by atoms with E-state index in [1.54, 1.807) is 18.2 Å². The maximum atomic E-state index is 13.6. The Bertz CT molecular complexity index is 577. The van der Waals surface area contributed by atoms with Crippen LogP contribution in [0.2, 0.25) is 0 Å². The van der Waals surface area contributed by atoms with Crippen molar-refractivity contribution in [3.63, 3.8) is 0 Å². The molecule has 2 aromatic rings. The largest absolute Gasteiger partial charge is 0.388 e. The minimum atomic E-state index is -0.664. The fraction of sp³-hybridized carbons (Fsp3) is 0.333. The van der Waals surface area contributed by atoms with Crippen LogP contribution in [0.4, 0.5) is 4.39 Å². The third kappa shape index (κ3) is 3.26. The summed E-state index contributed by atoms with van der Waals surface area (Å²) in [5, 5.41) is 10.3. The highest BCUT2D eigenvalue weighted by Crippen LogP contribution is 2.23. The topological polar surface area (TPSA) is 20.2 Å². The van der Waals surface area contributed by atoms with Gasteiger partial charge >= 0.3 is 0 Å². The molecule has 0 saturated heterocycles. The molecule has 0 aliphatic rings. The van der Waals surface area contributed by atoms with Crippen molar-refractivity contribution < 1.29 is 9.50 Å². The van der Waals surface area contributed by atoms with Crippen molar-refractivity contribution in [2.24, 2.45) is 0 Å². The van der Waals surface area contributed by atoms with Crippen LogP contribution in [0.25, 0.3) is 0 Å². The molecule has 1 N–H and O–H groups in total. The number of aliphatic hydroxyl groups excluding tert-OH is 1. The average Bonchev–Trinajstić information content (AvgIpc) is 2.48. The van der Waals surface area contributed by atoms with E-state index in [9.17, 15) is 9.50 Å². The molecule has 1 nitrogen and oxygen atoms in total. The lowest BCUT2D eigenvalue weighted by atomic mass is 9.95. The molecule has 0 aromatic heterocycles. The van der Waals surface area contributed by atoms with Gasteiger partial charge in [0, 0.05) is 6.42 Å². The number of rotatable bonds is 5. The molecule has 2 rings (SSSR count). The smallest absolute Gasteiger partial charge is 0.126 e. The predicted octanol–water partition coefficient (Wildman–Crippen LogP) is 4.23. The number of aryl methyl sites for hydroxylation is 2. The molecule has 0 saturated carbocycles. The van der Waals surface area contributed by atoms with Crippen molar-refractivity contribution in [1.82, 2.24) is 0 Å². The molecule has 0 bridgehead atoms. The van der Waals surface area contributed by atoms with Crippen molar-refractivity contribution in [1.29, 1.82) is 0 Å². The molecule has 2 aromatic carbocycles. The number of hydrogen-bond acceptors (Lipinski definition) is 1. The summed E-state index contributed by atoms with van der Waals surface area (Å²) in [4.78, 5) is 0. The summed E-state index contributed by atoms with van der Waals surface area (Å²) in [6.45, 7) is 4.24. The minimum Gasteiger partial charge on any atom is -0.388 e. The number of hydrogen-bond donors (Lipinski definition) is 1. The zero-order valence-corrected chi connectivity index (χ0v) is 12.1. The molecule has 0 amide bonds. The second-order valence-electron chi connectivity index (χ2n) is 5.05. The van der Waals surface area contributed by atoms with Gasteiger partial charge in [0.25, 0.3) is 0 Å². The summed E-state index contributed by atoms with van der Waals surface area (Å²) in [6, 6.07) is 12.7. The average molecular weight is 272 g/mol. The minimum absolute atomic E-state index is 0.257. The lowest BCUT2D eigenvalue weighted by Crippen LogP contribution is -2.05. The molecule has 0 heterocycles. The van der Waals surface area contributed by atoms with Crippen LogP contribution < -0.4 is 0 Å². The highest BCUT2D eigenvalue weighted by Gasteiger charge is 2.12. The SMILES string of the molecule is CCc1ccc(C(O)Cc2ccccc2F)cc1CC. The van der Waals surface area contributed by atoms with Crippen molar-refractivity contribution in [3.8, 4) is 0 Å². The van der Waals surface area contributed by atoms with E-state index >= 15 is 0 Å². The first-order valence-electron chi connectivity index (χ1n) is 7.18. The normalized spacial score (nSPS) is 12.4. The van der Waals surface area contributed by atoms with Gasteiger partial charge in [-0.15, -0.1) is 0 Å². The van der Waals surface area contributed by atoms with Crippen LogP contribution in [0.15, 0.2) is 42.5 Å². The van der Waals surface area contributed by atoms with Crippen LogP contribution in [-0.4, -0.2) is 5.11 Å². The van der Waals surface area contributed by atoms with Gasteiger partial charge in [-0.05, 0) is 41.2 Å². The molecule has 1 atom stereocenters. The monoisotopic (exact) mass is 272 g/mol. The second-order valence-corrected chi connectivity index (χ2v) is 5.05. The maximum Gasteiger partial charge on any atom is 0.126 e. The van der Waals surface area contributed by atoms with Crippen LogP contribution in [0.1, 0.15) is 42.2 Å². The van der Waals surface area contributed by atoms with Crippen LogP contribution >= 0.6 is 0 Å². The van der Waals surface area contributed by atoms with Gasteiger partial charge in [0.1, 0.15) is 5.82 Å². The molecule has 0 aliphatic heterocycles. The van der Waals surface area contributed by atoms with E-state index < -0.39 is 6.10 Å². The van der Waals surface area contributed by atoms with Crippen molar-refractivity contribution in [3.05, 3.63) is 70.5 Å². The molecular weight excluding hydrogens is 251 g/mol. The van der Waals surface area contributed by atoms with Gasteiger partial charge in [-0.3, -0.25) is 0 Å². The Labute approximate surface area is 120 Å². The van der Waals surface area contributed by atoms with Crippen LogP contribution in [0.3, 0.4) is 0 Å². The molecule has 0 radical (unpaired) electrons. The van der Waals surface area contributed by atoms with Gasteiger partial charge in [0.05, 0.1) is 6.10 Å². The van der Waals surface area contributed by atoms with Gasteiger partial charge in [0.15, 0.2) is 0 Å². The third-order valence-corrected chi connectivity index (χ3v) is 3.75. The molecule has 0 spiro atoms. The Morgan fingerprint density at radius 2 is 1.65 bits per heavy atom. The Hall–Kier alpha value is -1.67. The first-order chi connectivity index (χ1) is 9.65. The van der Waals surface area contributed by atoms with Gasteiger partial charge in [-0.25, -0.2) is 4.39 Å². The van der Waals surface area contributed by atoms with E-state index in [0.29, 0.717) is 12.0 Å². The Kier molecular flexibility index (Phi) is 4.91. The van der Waals surface area contributed by atoms with Crippen LogP contribution in [-0.2, 0) is 19.3 Å². The summed E-state index contributed by atoms with van der Waals surface area (Å²) in [6.07, 6.45) is 1.58. The molecule has 2 heteroatoms. The Morgan fingerprint density at radius 1 is 0.950 bits per heavy atom. The van der Waals surface area contributed by atoms with Gasteiger partial charge < -0.3 is 5.11 Å². The van der Waals surface area contributed by atoms with Crippen molar-refractivity contribution in [2.75, 3.05) is 0 Å². The quantitative estimate of drug-likeness (QED) is 0.863. The first kappa shape index (κ1) is 14.7. The summed E-state index contributed by atoms with van der Waals surface area (Å²) in [7, 11) is 0. The van der Waals surface area contributed by atoms with E-state index in [4.69, 9.17) is 0 Å². The summed E-state index contributed by atoms with van der Waals surface area (Å²) in [5.74, 6) is -0.257. The maximum absolute atomic E-state index is 13.6. The number of halogens is 1. The zero-order valence-electron chi connectivity index (χ0n) is 12.1. The van der Waals surface area contributed by atoms with E-state index in [2.05, 4.69) is 19.9 Å². The number of aliphatic hydroxyl groups is 1. The molecule has 20 heavy (non-hydrogen) atoms. The van der Waals surface area contributed by atoms with Gasteiger partial charge in [0.2, 0.25) is 0 Å². The van der Waals surface area contributed by atoms with Crippen molar-refractivity contribution >= 4 is 0 Å². The fourth-order valence-electron chi connectivity index (χ4n) is 2.52. The molecular formula is C18H21FO. The highest BCUT2D eigenvalue weighted by atomic mass is 19.1. The van der Waals surface area contributed by atoms with Crippen molar-refractivity contribution in [2.45, 2.75) is 39.2 Å². The van der Waals surface area contributed by atoms with Gasteiger partial charge in [-0.1, -0.05) is 50.2 Å². The molecule has 1 unspecified atom stereocenters. The standard InChI is InChI=1S/C18H21FO/c1-3-13-9-10-16(11-14(13)4-2)18(20)12-15-7-5-6-8-17(15)19/h5-11,18,20H,3-4,12H2,1-2H3. The molecule has 0 fully saturated rings. The van der Waals surface area contributed by atoms with E-state index in [1.807, 2.05) is 12.1 Å². The van der Waals surface area contributed by atoms with Gasteiger partial charge in [-0.2, -0.15) is 0 Å². The zero-order chi connectivity index (χ0) is 14.5. The summed E-state index contributed by atoms with van der Waals surface area (Å²) in [5.41, 5.74) is 3.99. The third-order valence-electron chi connectivity index (χ3n) is 3.75. The summed E-state index contributed by atoms with van der Waals surface area (Å²) < 4.78 is 13.6. The summed E-state index contributed by atoms with van der Waals surface area (Å²) >= 11 is 0. The van der Waals surface area contributed by atoms with E-state index in [-0.39, 0.29) is 5.82 Å². The fourth-order valence-corrected chi connectivity index (χ4v) is 2.52. The molecule has 106 valence electrons. The van der Waals surface area contributed by atoms with Crippen LogP contribution in [0.5, 0.6) is 0 Å². The van der Waals surface area contributed by atoms with Crippen LogP contribution in [0, 0.1) is 5.82 Å². The highest BCUT2D eigenvalue weighted by molar-refractivity contribution is 5.34. The lowest BCUT2D eigenvalue weighted by molar-refractivity contribution is 0.177.